The van der Waals surface area contributed by atoms with E-state index < -0.39 is 0 Å². The summed E-state index contributed by atoms with van der Waals surface area (Å²) in [7, 11) is 0. The Kier molecular flexibility index (Phi) is 5.80. The summed E-state index contributed by atoms with van der Waals surface area (Å²) in [5.74, 6) is 0. The number of nitrogens with one attached hydrogen (secondary N) is 1. The molecule has 0 aromatic carbocycles. The predicted octanol–water partition coefficient (Wildman–Crippen LogP) is -2.25. The maximum atomic E-state index is 3.24. The number of imidazole rings is 1. The van der Waals surface area contributed by atoms with Crippen LogP contribution in [0, 0.1) is 0 Å². The molecule has 1 heterocycles. The minimum absolute atomic E-state index is 0. The number of rotatable bonds is 4. The largest absolute Gasteiger partial charge is 1.00 e. The van der Waals surface area contributed by atoms with Crippen LogP contribution in [0.1, 0.15) is 20.3 Å². The Morgan fingerprint density at radius 1 is 1.42 bits per heavy atom. The van der Waals surface area contributed by atoms with Crippen molar-refractivity contribution >= 4 is 0 Å². The van der Waals surface area contributed by atoms with Crippen LogP contribution in [0.2, 0.25) is 0 Å². The first-order chi connectivity index (χ1) is 5.36. The van der Waals surface area contributed by atoms with Crippen LogP contribution < -0.4 is 27.0 Å². The van der Waals surface area contributed by atoms with Crippen LogP contribution in [0.5, 0.6) is 0 Å². The molecule has 70 valence electrons. The third-order valence-corrected chi connectivity index (χ3v) is 1.60. The highest BCUT2D eigenvalue weighted by Gasteiger charge is 1.98. The summed E-state index contributed by atoms with van der Waals surface area (Å²) in [6, 6.07) is 0. The van der Waals surface area contributed by atoms with Crippen LogP contribution in [0.4, 0.5) is 0 Å². The fourth-order valence-electron chi connectivity index (χ4n) is 0.916. The van der Waals surface area contributed by atoms with Crippen LogP contribution in [0.15, 0.2) is 18.7 Å². The normalized spacial score (nSPS) is 9.17. The van der Waals surface area contributed by atoms with E-state index in [0.717, 1.165) is 19.5 Å². The smallest absolute Gasteiger partial charge is 0.267 e. The van der Waals surface area contributed by atoms with E-state index in [1.54, 1.807) is 0 Å². The summed E-state index contributed by atoms with van der Waals surface area (Å²) < 4.78 is 4.12. The van der Waals surface area contributed by atoms with Crippen molar-refractivity contribution in [3.63, 3.8) is 0 Å². The molecule has 1 aromatic rings. The molecule has 3 nitrogen and oxygen atoms in total. The first-order valence-electron chi connectivity index (χ1n) is 4.17. The zero-order valence-corrected chi connectivity index (χ0v) is 9.21. The van der Waals surface area contributed by atoms with Gasteiger partial charge >= 0.3 is 0 Å². The highest BCUT2D eigenvalue weighted by Crippen LogP contribution is 1.80. The minimum atomic E-state index is 0. The van der Waals surface area contributed by atoms with E-state index in [9.17, 15) is 0 Å². The van der Waals surface area contributed by atoms with Gasteiger partial charge in [0.1, 0.15) is 6.20 Å². The van der Waals surface area contributed by atoms with Gasteiger partial charge in [-0.05, 0) is 13.3 Å². The molecule has 0 spiro atoms. The molecule has 1 rings (SSSR count). The van der Waals surface area contributed by atoms with Gasteiger partial charge in [-0.25, -0.2) is 4.57 Å². The second kappa shape index (κ2) is 6.06. The van der Waals surface area contributed by atoms with Gasteiger partial charge in [-0.1, -0.05) is 6.92 Å². The molecule has 0 aliphatic rings. The topological polar surface area (TPSA) is 20.8 Å². The summed E-state index contributed by atoms with van der Waals surface area (Å²) in [6.45, 7) is 6.34. The van der Waals surface area contributed by atoms with Gasteiger partial charge in [0.25, 0.3) is 6.33 Å². The van der Waals surface area contributed by atoms with Crippen LogP contribution in [0.3, 0.4) is 0 Å². The van der Waals surface area contributed by atoms with Crippen molar-refractivity contribution in [1.82, 2.24) is 4.68 Å². The number of aromatic nitrogens is 2. The zero-order valence-electron chi connectivity index (χ0n) is 7.63. The Labute approximate surface area is 84.1 Å². The van der Waals surface area contributed by atoms with Crippen molar-refractivity contribution in [2.45, 2.75) is 26.8 Å². The van der Waals surface area contributed by atoms with Gasteiger partial charge in [-0.15, -0.1) is 4.68 Å². The third-order valence-electron chi connectivity index (χ3n) is 1.60. The number of nitrogens with zero attached hydrogens (tertiary/aromatic N) is 2. The van der Waals surface area contributed by atoms with Gasteiger partial charge < -0.3 is 17.0 Å². The van der Waals surface area contributed by atoms with Gasteiger partial charge in [0.2, 0.25) is 0 Å². The molecule has 0 amide bonds. The van der Waals surface area contributed by atoms with Crippen molar-refractivity contribution in [3.8, 4) is 0 Å². The average Bonchev–Trinajstić information content (AvgIpc) is 2.48. The molecule has 1 N–H and O–H groups in total. The van der Waals surface area contributed by atoms with E-state index in [0.29, 0.717) is 0 Å². The van der Waals surface area contributed by atoms with Crippen molar-refractivity contribution in [2.75, 3.05) is 12.0 Å². The fraction of sp³-hybridized carbons (Fsp3) is 0.625. The minimum Gasteiger partial charge on any atom is -1.00 e. The van der Waals surface area contributed by atoms with Gasteiger partial charge in [0.05, 0.1) is 13.1 Å². The molecule has 12 heavy (non-hydrogen) atoms. The third kappa shape index (κ3) is 3.26. The van der Waals surface area contributed by atoms with Crippen LogP contribution in [-0.2, 0) is 6.54 Å². The molecule has 4 heteroatoms. The maximum absolute atomic E-state index is 3.24. The Morgan fingerprint density at radius 3 is 2.67 bits per heavy atom. The van der Waals surface area contributed by atoms with E-state index in [4.69, 9.17) is 0 Å². The highest BCUT2D eigenvalue weighted by atomic mass is 79.9. The number of aryl methyl sites for hydroxylation is 1. The van der Waals surface area contributed by atoms with E-state index >= 15 is 0 Å². The molecule has 1 aromatic heterocycles. The molecular weight excluding hydrogens is 218 g/mol. The number of hydrogen-bond donors (Lipinski definition) is 1. The summed E-state index contributed by atoms with van der Waals surface area (Å²) >= 11 is 0. The van der Waals surface area contributed by atoms with E-state index in [1.165, 1.54) is 0 Å². The molecule has 0 fully saturated rings. The van der Waals surface area contributed by atoms with Gasteiger partial charge in [0, 0.05) is 0 Å². The van der Waals surface area contributed by atoms with Gasteiger partial charge in [0.15, 0.2) is 6.20 Å². The Morgan fingerprint density at radius 2 is 2.17 bits per heavy atom. The molecule has 0 bridgehead atoms. The standard InChI is InChI=1S/C8H16N3.BrH/c1-3-5-9-11-7-6-10(4-2)8-11;/h6-9H,3-5H2,1-2H3;1H/q+1;/p-1. The molecule has 0 atom stereocenters. The average molecular weight is 234 g/mol. The van der Waals surface area contributed by atoms with Crippen molar-refractivity contribution in [1.29, 1.82) is 0 Å². The van der Waals surface area contributed by atoms with Crippen molar-refractivity contribution < 1.29 is 21.5 Å². The highest BCUT2D eigenvalue weighted by molar-refractivity contribution is 4.73. The summed E-state index contributed by atoms with van der Waals surface area (Å²) in [5, 5.41) is 0. The predicted molar refractivity (Wildman–Crippen MR) is 44.8 cm³/mol. The lowest BCUT2D eigenvalue weighted by Crippen LogP contribution is -3.00. The lowest BCUT2D eigenvalue weighted by molar-refractivity contribution is -0.692. The monoisotopic (exact) mass is 233 g/mol. The van der Waals surface area contributed by atoms with Crippen molar-refractivity contribution in [3.05, 3.63) is 18.7 Å². The van der Waals surface area contributed by atoms with Crippen molar-refractivity contribution in [2.24, 2.45) is 0 Å². The Hall–Kier alpha value is -0.510. The zero-order chi connectivity index (χ0) is 8.10. The van der Waals surface area contributed by atoms with Gasteiger partial charge in [-0.2, -0.15) is 0 Å². The second-order valence-corrected chi connectivity index (χ2v) is 2.56. The molecule has 0 saturated heterocycles. The molecule has 0 aliphatic carbocycles. The lowest BCUT2D eigenvalue weighted by atomic mass is 10.5. The lowest BCUT2D eigenvalue weighted by Gasteiger charge is -1.95. The summed E-state index contributed by atoms with van der Waals surface area (Å²) in [6.07, 6.45) is 7.29. The molecule has 0 aliphatic heterocycles. The Balaban J connectivity index is 0.00000121. The molecule has 0 radical (unpaired) electrons. The van der Waals surface area contributed by atoms with E-state index in [-0.39, 0.29) is 17.0 Å². The second-order valence-electron chi connectivity index (χ2n) is 2.56. The number of hydrogen-bond acceptors (Lipinski definition) is 1. The molecule has 0 unspecified atom stereocenters. The van der Waals surface area contributed by atoms with Gasteiger partial charge in [-0.3, -0.25) is 5.43 Å². The van der Waals surface area contributed by atoms with Crippen LogP contribution in [0.25, 0.3) is 0 Å². The Bertz CT molecular complexity index is 210. The SMILES string of the molecule is CCCNn1cc[n+](CC)c1.[Br-]. The first kappa shape index (κ1) is 11.5. The number of halogens is 1. The molecular formula is C8H16BrN3. The summed E-state index contributed by atoms with van der Waals surface area (Å²) in [4.78, 5) is 0. The van der Waals surface area contributed by atoms with E-state index in [2.05, 4.69) is 36.4 Å². The first-order valence-corrected chi connectivity index (χ1v) is 4.17. The molecule has 0 saturated carbocycles. The van der Waals surface area contributed by atoms with Crippen LogP contribution in [-0.4, -0.2) is 11.2 Å². The van der Waals surface area contributed by atoms with E-state index in [1.807, 2.05) is 10.9 Å². The maximum Gasteiger partial charge on any atom is 0.267 e. The summed E-state index contributed by atoms with van der Waals surface area (Å²) in [5.41, 5.74) is 3.24. The fourth-order valence-corrected chi connectivity index (χ4v) is 0.916. The quantitative estimate of drug-likeness (QED) is 0.584. The van der Waals surface area contributed by atoms with Crippen LogP contribution >= 0.6 is 0 Å².